The molecule has 82 valence electrons. The van der Waals surface area contributed by atoms with E-state index in [0.717, 1.165) is 11.3 Å². The molecule has 0 bridgehead atoms. The normalized spacial score (nSPS) is 9.88. The summed E-state index contributed by atoms with van der Waals surface area (Å²) < 4.78 is 5.18. The maximum Gasteiger partial charge on any atom is 0.222 e. The second-order valence-electron chi connectivity index (χ2n) is 3.08. The molecule has 0 amide bonds. The molecule has 0 radical (unpaired) electrons. The van der Waals surface area contributed by atoms with Gasteiger partial charge in [0.25, 0.3) is 0 Å². The molecule has 0 unspecified atom stereocenters. The van der Waals surface area contributed by atoms with Crippen molar-refractivity contribution in [3.63, 3.8) is 0 Å². The minimum absolute atomic E-state index is 0.559. The molecule has 0 spiro atoms. The Kier molecular flexibility index (Phi) is 2.95. The van der Waals surface area contributed by atoms with E-state index in [1.165, 1.54) is 0 Å². The fourth-order valence-corrected chi connectivity index (χ4v) is 1.38. The first-order chi connectivity index (χ1) is 7.85. The van der Waals surface area contributed by atoms with Crippen LogP contribution < -0.4 is 10.1 Å². The van der Waals surface area contributed by atoms with E-state index < -0.39 is 0 Å². The van der Waals surface area contributed by atoms with Crippen LogP contribution in [0.1, 0.15) is 0 Å². The number of pyridine rings is 1. The summed E-state index contributed by atoms with van der Waals surface area (Å²) in [4.78, 5) is 12.5. The van der Waals surface area contributed by atoms with E-state index in [2.05, 4.69) is 20.3 Å². The molecule has 0 atom stereocenters. The molecule has 2 heterocycles. The third-order valence-corrected chi connectivity index (χ3v) is 2.12. The zero-order valence-corrected chi connectivity index (χ0v) is 9.14. The van der Waals surface area contributed by atoms with Crippen LogP contribution in [0.2, 0.25) is 0 Å². The highest BCUT2D eigenvalue weighted by atomic mass is 16.5. The number of anilines is 1. The minimum atomic E-state index is 0.559. The van der Waals surface area contributed by atoms with Crippen LogP contribution in [0.15, 0.2) is 30.6 Å². The molecule has 2 aromatic heterocycles. The van der Waals surface area contributed by atoms with Crippen molar-refractivity contribution in [1.82, 2.24) is 15.0 Å². The summed E-state index contributed by atoms with van der Waals surface area (Å²) in [5.41, 5.74) is 1.63. The fourth-order valence-electron chi connectivity index (χ4n) is 1.38. The average Bonchev–Trinajstić information content (AvgIpc) is 2.38. The third-order valence-electron chi connectivity index (χ3n) is 2.12. The highest BCUT2D eigenvalue weighted by Gasteiger charge is 2.07. The number of hydrogen-bond donors (Lipinski definition) is 1. The highest BCUT2D eigenvalue weighted by molar-refractivity contribution is 5.65. The molecule has 2 rings (SSSR count). The number of methoxy groups -OCH3 is 1. The Morgan fingerprint density at radius 2 is 2.06 bits per heavy atom. The van der Waals surface area contributed by atoms with Gasteiger partial charge in [0.1, 0.15) is 0 Å². The first-order valence-electron chi connectivity index (χ1n) is 4.85. The van der Waals surface area contributed by atoms with Crippen LogP contribution in [0.4, 0.5) is 5.95 Å². The van der Waals surface area contributed by atoms with Crippen LogP contribution in [-0.2, 0) is 0 Å². The lowest BCUT2D eigenvalue weighted by Crippen LogP contribution is -1.98. The second kappa shape index (κ2) is 4.57. The van der Waals surface area contributed by atoms with Gasteiger partial charge < -0.3 is 10.1 Å². The van der Waals surface area contributed by atoms with Gasteiger partial charge in [-0.1, -0.05) is 0 Å². The van der Waals surface area contributed by atoms with Crippen molar-refractivity contribution in [1.29, 1.82) is 0 Å². The fraction of sp³-hybridized carbons (Fsp3) is 0.182. The van der Waals surface area contributed by atoms with Gasteiger partial charge in [-0.3, -0.25) is 0 Å². The van der Waals surface area contributed by atoms with E-state index >= 15 is 0 Å². The molecule has 2 aromatic rings. The Bertz CT molecular complexity index is 487. The van der Waals surface area contributed by atoms with Crippen LogP contribution in [0.25, 0.3) is 11.3 Å². The van der Waals surface area contributed by atoms with E-state index in [4.69, 9.17) is 4.74 Å². The first kappa shape index (κ1) is 10.4. The van der Waals surface area contributed by atoms with Crippen molar-refractivity contribution in [3.05, 3.63) is 30.6 Å². The van der Waals surface area contributed by atoms with Crippen molar-refractivity contribution in [2.75, 3.05) is 19.5 Å². The summed E-state index contributed by atoms with van der Waals surface area (Å²) in [5, 5.41) is 2.89. The molecule has 0 aliphatic carbocycles. The predicted octanol–water partition coefficient (Wildman–Crippen LogP) is 1.59. The molecule has 5 nitrogen and oxygen atoms in total. The Morgan fingerprint density at radius 1 is 1.19 bits per heavy atom. The summed E-state index contributed by atoms with van der Waals surface area (Å²) in [6, 6.07) is 5.58. The lowest BCUT2D eigenvalue weighted by Gasteiger charge is -2.06. The minimum Gasteiger partial charge on any atom is -0.481 e. The van der Waals surface area contributed by atoms with Crippen molar-refractivity contribution >= 4 is 5.95 Å². The van der Waals surface area contributed by atoms with Gasteiger partial charge in [-0.05, 0) is 18.2 Å². The number of ether oxygens (including phenoxy) is 1. The topological polar surface area (TPSA) is 59.9 Å². The number of nitrogens with zero attached hydrogens (tertiary/aromatic N) is 3. The lowest BCUT2D eigenvalue weighted by molar-refractivity contribution is 0.399. The van der Waals surface area contributed by atoms with E-state index in [9.17, 15) is 0 Å². The van der Waals surface area contributed by atoms with Crippen LogP contribution >= 0.6 is 0 Å². The molecule has 1 N–H and O–H groups in total. The molecule has 0 aliphatic rings. The van der Waals surface area contributed by atoms with Crippen LogP contribution in [0, 0.1) is 0 Å². The molecule has 0 aromatic carbocycles. The van der Waals surface area contributed by atoms with Gasteiger partial charge in [0.05, 0.1) is 18.4 Å². The highest BCUT2D eigenvalue weighted by Crippen LogP contribution is 2.25. The Morgan fingerprint density at radius 3 is 2.81 bits per heavy atom. The van der Waals surface area contributed by atoms with Gasteiger partial charge in [0, 0.05) is 19.4 Å². The van der Waals surface area contributed by atoms with Crippen LogP contribution in [0.3, 0.4) is 0 Å². The van der Waals surface area contributed by atoms with Crippen LogP contribution in [0.5, 0.6) is 5.88 Å². The number of aromatic nitrogens is 3. The molecule has 16 heavy (non-hydrogen) atoms. The average molecular weight is 216 g/mol. The van der Waals surface area contributed by atoms with E-state index in [-0.39, 0.29) is 0 Å². The SMILES string of the molecule is CNc1nccc(-c2cccnc2OC)n1. The lowest BCUT2D eigenvalue weighted by atomic mass is 10.2. The molecule has 5 heteroatoms. The Labute approximate surface area is 93.5 Å². The van der Waals surface area contributed by atoms with Gasteiger partial charge in [-0.15, -0.1) is 0 Å². The maximum atomic E-state index is 5.18. The number of rotatable bonds is 3. The molecular weight excluding hydrogens is 204 g/mol. The van der Waals surface area contributed by atoms with Gasteiger partial charge in [0.15, 0.2) is 0 Å². The third kappa shape index (κ3) is 1.93. The van der Waals surface area contributed by atoms with E-state index in [0.29, 0.717) is 11.8 Å². The summed E-state index contributed by atoms with van der Waals surface area (Å²) in [7, 11) is 3.37. The van der Waals surface area contributed by atoms with Crippen LogP contribution in [-0.4, -0.2) is 29.1 Å². The first-order valence-corrected chi connectivity index (χ1v) is 4.85. The molecular formula is C11H12N4O. The Balaban J connectivity index is 2.49. The number of nitrogens with one attached hydrogen (secondary N) is 1. The molecule has 0 fully saturated rings. The molecule has 0 saturated carbocycles. The summed E-state index contributed by atoms with van der Waals surface area (Å²) in [6.07, 6.45) is 3.38. The second-order valence-corrected chi connectivity index (χ2v) is 3.08. The largest absolute Gasteiger partial charge is 0.481 e. The summed E-state index contributed by atoms with van der Waals surface area (Å²) >= 11 is 0. The zero-order chi connectivity index (χ0) is 11.4. The van der Waals surface area contributed by atoms with Crippen molar-refractivity contribution in [3.8, 4) is 17.1 Å². The van der Waals surface area contributed by atoms with Gasteiger partial charge >= 0.3 is 0 Å². The van der Waals surface area contributed by atoms with Gasteiger partial charge in [0.2, 0.25) is 11.8 Å². The summed E-state index contributed by atoms with van der Waals surface area (Å²) in [5.74, 6) is 1.13. The van der Waals surface area contributed by atoms with Crippen molar-refractivity contribution < 1.29 is 4.74 Å². The Hall–Kier alpha value is -2.17. The number of hydrogen-bond acceptors (Lipinski definition) is 5. The standard InChI is InChI=1S/C11H12N4O/c1-12-11-14-7-5-9(15-11)8-4-3-6-13-10(8)16-2/h3-7H,1-2H3,(H,12,14,15). The quantitative estimate of drug-likeness (QED) is 0.844. The summed E-state index contributed by atoms with van der Waals surface area (Å²) in [6.45, 7) is 0. The molecule has 0 aliphatic heterocycles. The van der Waals surface area contributed by atoms with E-state index in [1.54, 1.807) is 26.6 Å². The predicted molar refractivity (Wildman–Crippen MR) is 61.4 cm³/mol. The van der Waals surface area contributed by atoms with Gasteiger partial charge in [-0.25, -0.2) is 15.0 Å². The van der Waals surface area contributed by atoms with Crippen molar-refractivity contribution in [2.24, 2.45) is 0 Å². The smallest absolute Gasteiger partial charge is 0.222 e. The van der Waals surface area contributed by atoms with E-state index in [1.807, 2.05) is 18.2 Å². The van der Waals surface area contributed by atoms with Gasteiger partial charge in [-0.2, -0.15) is 0 Å². The molecule has 0 saturated heterocycles. The zero-order valence-electron chi connectivity index (χ0n) is 9.14. The van der Waals surface area contributed by atoms with Crippen molar-refractivity contribution in [2.45, 2.75) is 0 Å². The maximum absolute atomic E-state index is 5.18. The monoisotopic (exact) mass is 216 g/mol.